The minimum Gasteiger partial charge on any atom is -0.359 e. The van der Waals surface area contributed by atoms with Gasteiger partial charge in [0, 0.05) is 11.6 Å². The fourth-order valence-corrected chi connectivity index (χ4v) is 2.67. The lowest BCUT2D eigenvalue weighted by Crippen LogP contribution is -2.11. The molecule has 1 aromatic carbocycles. The molecule has 0 aliphatic heterocycles. The first-order chi connectivity index (χ1) is 6.91. The number of primary sulfonamides is 1. The monoisotopic (exact) mass is 308 g/mol. The van der Waals surface area contributed by atoms with Gasteiger partial charge in [0.05, 0.1) is 15.0 Å². The first kappa shape index (κ1) is 10.9. The second-order valence-electron chi connectivity index (χ2n) is 2.98. The fourth-order valence-electron chi connectivity index (χ4n) is 1.35. The molecule has 0 bridgehead atoms. The van der Waals surface area contributed by atoms with Crippen LogP contribution in [0.5, 0.6) is 0 Å². The van der Waals surface area contributed by atoms with Gasteiger partial charge in [0.25, 0.3) is 0 Å². The zero-order valence-corrected chi connectivity index (χ0v) is 10.4. The summed E-state index contributed by atoms with van der Waals surface area (Å²) in [5.41, 5.74) is 0.617. The highest BCUT2D eigenvalue weighted by molar-refractivity contribution is 9.10. The molecule has 3 N–H and O–H groups in total. The van der Waals surface area contributed by atoms with E-state index in [-0.39, 0.29) is 4.90 Å². The summed E-state index contributed by atoms with van der Waals surface area (Å²) in [6.07, 6.45) is 1.35. The Hall–Kier alpha value is -0.560. The van der Waals surface area contributed by atoms with Crippen LogP contribution in [0.3, 0.4) is 0 Å². The third-order valence-corrected chi connectivity index (χ3v) is 4.33. The van der Waals surface area contributed by atoms with Gasteiger partial charge in [0.15, 0.2) is 0 Å². The summed E-state index contributed by atoms with van der Waals surface area (Å²) in [7, 11) is -3.71. The van der Waals surface area contributed by atoms with Gasteiger partial charge in [0.1, 0.15) is 4.90 Å². The molecule has 80 valence electrons. The number of H-pyrrole nitrogens is 1. The predicted molar refractivity (Wildman–Crippen MR) is 62.4 cm³/mol. The number of halogens is 2. The highest BCUT2D eigenvalue weighted by Gasteiger charge is 2.16. The topological polar surface area (TPSA) is 76.0 Å². The Bertz CT molecular complexity index is 635. The molecule has 0 atom stereocenters. The van der Waals surface area contributed by atoms with E-state index in [1.807, 2.05) is 0 Å². The maximum atomic E-state index is 11.2. The van der Waals surface area contributed by atoms with Crippen LogP contribution >= 0.6 is 27.5 Å². The van der Waals surface area contributed by atoms with Crippen molar-refractivity contribution in [2.24, 2.45) is 5.14 Å². The molecule has 1 aromatic heterocycles. The van der Waals surface area contributed by atoms with Gasteiger partial charge in [-0.15, -0.1) is 0 Å². The molecule has 0 fully saturated rings. The third kappa shape index (κ3) is 1.78. The van der Waals surface area contributed by atoms with E-state index in [1.54, 1.807) is 12.1 Å². The van der Waals surface area contributed by atoms with Crippen molar-refractivity contribution in [3.63, 3.8) is 0 Å². The maximum Gasteiger partial charge on any atom is 0.240 e. The second kappa shape index (κ2) is 3.48. The molecule has 1 heterocycles. The molecule has 4 nitrogen and oxygen atoms in total. The lowest BCUT2D eigenvalue weighted by Gasteiger charge is -1.98. The Morgan fingerprint density at radius 1 is 1.40 bits per heavy atom. The summed E-state index contributed by atoms with van der Waals surface area (Å²) < 4.78 is 23.0. The Balaban J connectivity index is 2.90. The van der Waals surface area contributed by atoms with Crippen LogP contribution in [0, 0.1) is 0 Å². The predicted octanol–water partition coefficient (Wildman–Crippen LogP) is 2.23. The van der Waals surface area contributed by atoms with Crippen LogP contribution in [0.1, 0.15) is 0 Å². The average Bonchev–Trinajstić information content (AvgIpc) is 2.54. The quantitative estimate of drug-likeness (QED) is 0.847. The van der Waals surface area contributed by atoms with Crippen LogP contribution in [-0.2, 0) is 10.0 Å². The van der Waals surface area contributed by atoms with Gasteiger partial charge in [-0.2, -0.15) is 0 Å². The molecule has 0 unspecified atom stereocenters. The van der Waals surface area contributed by atoms with Crippen LogP contribution < -0.4 is 5.14 Å². The second-order valence-corrected chi connectivity index (χ2v) is 5.71. The van der Waals surface area contributed by atoms with E-state index in [2.05, 4.69) is 20.9 Å². The lowest BCUT2D eigenvalue weighted by molar-refractivity contribution is 0.598. The van der Waals surface area contributed by atoms with E-state index >= 15 is 0 Å². The molecule has 15 heavy (non-hydrogen) atoms. The van der Waals surface area contributed by atoms with E-state index < -0.39 is 10.0 Å². The van der Waals surface area contributed by atoms with Gasteiger partial charge in [-0.3, -0.25) is 0 Å². The average molecular weight is 310 g/mol. The molecule has 0 radical (unpaired) electrons. The van der Waals surface area contributed by atoms with Crippen molar-refractivity contribution in [2.75, 3.05) is 0 Å². The third-order valence-electron chi connectivity index (χ3n) is 2.01. The Labute approximate surface area is 99.6 Å². The number of benzene rings is 1. The van der Waals surface area contributed by atoms with Crippen molar-refractivity contribution in [2.45, 2.75) is 4.90 Å². The Morgan fingerprint density at radius 3 is 2.67 bits per heavy atom. The first-order valence-corrected chi connectivity index (χ1v) is 6.61. The van der Waals surface area contributed by atoms with E-state index in [4.69, 9.17) is 16.7 Å². The largest absolute Gasteiger partial charge is 0.359 e. The number of sulfonamides is 1. The van der Waals surface area contributed by atoms with Crippen molar-refractivity contribution in [1.82, 2.24) is 4.98 Å². The molecule has 0 amide bonds. The SMILES string of the molecule is NS(=O)(=O)c1c[nH]c2c(Br)c(Cl)ccc12. The van der Waals surface area contributed by atoms with Crippen LogP contribution in [0.15, 0.2) is 27.7 Å². The first-order valence-electron chi connectivity index (χ1n) is 3.89. The van der Waals surface area contributed by atoms with E-state index in [0.717, 1.165) is 0 Å². The Morgan fingerprint density at radius 2 is 2.07 bits per heavy atom. The van der Waals surface area contributed by atoms with Crippen molar-refractivity contribution in [3.05, 3.63) is 27.8 Å². The number of nitrogens with one attached hydrogen (secondary N) is 1. The van der Waals surface area contributed by atoms with Gasteiger partial charge in [-0.25, -0.2) is 13.6 Å². The van der Waals surface area contributed by atoms with Crippen molar-refractivity contribution in [3.8, 4) is 0 Å². The standard InChI is InChI=1S/C8H6BrClN2O2S/c9-7-5(10)2-1-4-6(15(11,13)14)3-12-8(4)7/h1-3,12H,(H2,11,13,14). The van der Waals surface area contributed by atoms with Crippen molar-refractivity contribution in [1.29, 1.82) is 0 Å². The van der Waals surface area contributed by atoms with Crippen LogP contribution in [0.4, 0.5) is 0 Å². The molecule has 0 spiro atoms. The number of fused-ring (bicyclic) bond motifs is 1. The molecule has 2 rings (SSSR count). The van der Waals surface area contributed by atoms with Gasteiger partial charge in [0.2, 0.25) is 10.0 Å². The fraction of sp³-hybridized carbons (Fsp3) is 0. The summed E-state index contributed by atoms with van der Waals surface area (Å²) >= 11 is 9.13. The van der Waals surface area contributed by atoms with E-state index in [9.17, 15) is 8.42 Å². The van der Waals surface area contributed by atoms with Gasteiger partial charge >= 0.3 is 0 Å². The molecule has 0 saturated carbocycles. The number of hydrogen-bond donors (Lipinski definition) is 2. The molecule has 0 saturated heterocycles. The molecule has 0 aliphatic carbocycles. The normalized spacial score (nSPS) is 12.2. The highest BCUT2D eigenvalue weighted by Crippen LogP contribution is 2.33. The van der Waals surface area contributed by atoms with Gasteiger partial charge in [-0.1, -0.05) is 11.6 Å². The van der Waals surface area contributed by atoms with E-state index in [0.29, 0.717) is 20.4 Å². The molecule has 2 aromatic rings. The highest BCUT2D eigenvalue weighted by atomic mass is 79.9. The van der Waals surface area contributed by atoms with Crippen molar-refractivity contribution >= 4 is 48.5 Å². The summed E-state index contributed by atoms with van der Waals surface area (Å²) in [4.78, 5) is 2.88. The summed E-state index contributed by atoms with van der Waals surface area (Å²) in [5, 5.41) is 6.09. The summed E-state index contributed by atoms with van der Waals surface area (Å²) in [6.45, 7) is 0. The Kier molecular flexibility index (Phi) is 2.54. The zero-order chi connectivity index (χ0) is 11.2. The van der Waals surface area contributed by atoms with Crippen LogP contribution in [0.2, 0.25) is 5.02 Å². The lowest BCUT2D eigenvalue weighted by atomic mass is 10.2. The summed E-state index contributed by atoms with van der Waals surface area (Å²) in [5.74, 6) is 0. The minimum atomic E-state index is -3.71. The number of hydrogen-bond acceptors (Lipinski definition) is 2. The number of aromatic nitrogens is 1. The van der Waals surface area contributed by atoms with Gasteiger partial charge in [-0.05, 0) is 28.1 Å². The zero-order valence-electron chi connectivity index (χ0n) is 7.29. The summed E-state index contributed by atoms with van der Waals surface area (Å²) in [6, 6.07) is 3.22. The number of rotatable bonds is 1. The van der Waals surface area contributed by atoms with Crippen molar-refractivity contribution < 1.29 is 8.42 Å². The number of nitrogens with two attached hydrogens (primary N) is 1. The number of aromatic amines is 1. The van der Waals surface area contributed by atoms with Gasteiger partial charge < -0.3 is 4.98 Å². The smallest absolute Gasteiger partial charge is 0.240 e. The minimum absolute atomic E-state index is 0.0647. The maximum absolute atomic E-state index is 11.2. The molecule has 7 heteroatoms. The van der Waals surface area contributed by atoms with Crippen LogP contribution in [-0.4, -0.2) is 13.4 Å². The molecular formula is C8H6BrClN2O2S. The molecule has 0 aliphatic rings. The molecular weight excluding hydrogens is 304 g/mol. The van der Waals surface area contributed by atoms with E-state index in [1.165, 1.54) is 6.20 Å². The van der Waals surface area contributed by atoms with Crippen LogP contribution in [0.25, 0.3) is 10.9 Å².